The number of benzene rings is 1. The summed E-state index contributed by atoms with van der Waals surface area (Å²) in [5, 5.41) is 0. The summed E-state index contributed by atoms with van der Waals surface area (Å²) in [6.45, 7) is 2.33. The largest absolute Gasteiger partial charge is 0.494 e. The molecule has 0 unspecified atom stereocenters. The molecule has 7 heteroatoms. The number of Topliss-reactive ketones (excluding diaryl/α,β-unsaturated/α-hetero) is 1. The molecule has 0 aliphatic carbocycles. The number of hydrogen-bond acceptors (Lipinski definition) is 6. The van der Waals surface area contributed by atoms with Gasteiger partial charge in [0.15, 0.2) is 15.6 Å². The summed E-state index contributed by atoms with van der Waals surface area (Å²) in [6, 6.07) is 6.15. The zero-order valence-corrected chi connectivity index (χ0v) is 12.1. The zero-order valence-electron chi connectivity index (χ0n) is 11.3. The molecule has 0 atom stereocenters. The van der Waals surface area contributed by atoms with Gasteiger partial charge in [0.05, 0.1) is 13.7 Å². The number of ketones is 1. The van der Waals surface area contributed by atoms with Crippen LogP contribution in [0.4, 0.5) is 0 Å². The van der Waals surface area contributed by atoms with E-state index in [0.717, 1.165) is 7.11 Å². The van der Waals surface area contributed by atoms with Crippen LogP contribution < -0.4 is 4.74 Å². The summed E-state index contributed by atoms with van der Waals surface area (Å²) in [5.41, 5.74) is 0.252. The van der Waals surface area contributed by atoms with Crippen LogP contribution in [0.15, 0.2) is 24.3 Å². The van der Waals surface area contributed by atoms with Gasteiger partial charge in [-0.2, -0.15) is 0 Å². The number of methoxy groups -OCH3 is 1. The van der Waals surface area contributed by atoms with Crippen LogP contribution in [0.1, 0.15) is 17.3 Å². The highest BCUT2D eigenvalue weighted by Crippen LogP contribution is 2.13. The van der Waals surface area contributed by atoms with Gasteiger partial charge in [0, 0.05) is 5.56 Å². The Kier molecular flexibility index (Phi) is 5.69. The fourth-order valence-corrected chi connectivity index (χ4v) is 2.62. The van der Waals surface area contributed by atoms with E-state index in [2.05, 4.69) is 4.74 Å². The van der Waals surface area contributed by atoms with Gasteiger partial charge in [-0.05, 0) is 31.2 Å². The molecular weight excluding hydrogens is 284 g/mol. The average molecular weight is 300 g/mol. The van der Waals surface area contributed by atoms with Crippen LogP contribution in [0, 0.1) is 0 Å². The molecule has 0 aliphatic heterocycles. The lowest BCUT2D eigenvalue weighted by Crippen LogP contribution is -2.24. The van der Waals surface area contributed by atoms with Gasteiger partial charge in [-0.15, -0.1) is 0 Å². The van der Waals surface area contributed by atoms with E-state index < -0.39 is 33.1 Å². The van der Waals surface area contributed by atoms with E-state index in [1.807, 2.05) is 6.92 Å². The molecule has 1 aromatic carbocycles. The second kappa shape index (κ2) is 7.04. The Morgan fingerprint density at radius 1 is 1.10 bits per heavy atom. The van der Waals surface area contributed by atoms with Crippen LogP contribution in [0.2, 0.25) is 0 Å². The van der Waals surface area contributed by atoms with Crippen LogP contribution in [0.3, 0.4) is 0 Å². The molecule has 0 saturated carbocycles. The third-order valence-corrected chi connectivity index (χ3v) is 3.78. The number of hydrogen-bond donors (Lipinski definition) is 0. The molecule has 0 saturated heterocycles. The molecule has 0 N–H and O–H groups in total. The van der Waals surface area contributed by atoms with Crippen molar-refractivity contribution in [3.05, 3.63) is 29.8 Å². The summed E-state index contributed by atoms with van der Waals surface area (Å²) in [6.07, 6.45) is 0. The Morgan fingerprint density at radius 3 is 2.20 bits per heavy atom. The third kappa shape index (κ3) is 5.00. The average Bonchev–Trinajstić information content (AvgIpc) is 2.38. The molecule has 0 spiro atoms. The predicted octanol–water partition coefficient (Wildman–Crippen LogP) is 0.856. The van der Waals surface area contributed by atoms with E-state index in [1.54, 1.807) is 12.1 Å². The molecule has 0 aliphatic rings. The van der Waals surface area contributed by atoms with Crippen molar-refractivity contribution in [1.82, 2.24) is 0 Å². The van der Waals surface area contributed by atoms with E-state index in [1.165, 1.54) is 12.1 Å². The molecule has 0 fully saturated rings. The Bertz CT molecular complexity index is 573. The fraction of sp³-hybridized carbons (Fsp3) is 0.385. The van der Waals surface area contributed by atoms with Gasteiger partial charge in [0.1, 0.15) is 17.3 Å². The van der Waals surface area contributed by atoms with Gasteiger partial charge in [-0.3, -0.25) is 9.59 Å². The lowest BCUT2D eigenvalue weighted by molar-refractivity contribution is -0.137. The molecule has 20 heavy (non-hydrogen) atoms. The monoisotopic (exact) mass is 300 g/mol. The van der Waals surface area contributed by atoms with Crippen LogP contribution in [0.5, 0.6) is 5.75 Å². The second-order valence-corrected chi connectivity index (χ2v) is 6.05. The quantitative estimate of drug-likeness (QED) is 0.548. The van der Waals surface area contributed by atoms with Gasteiger partial charge in [-0.1, -0.05) is 0 Å². The first kappa shape index (κ1) is 16.2. The molecule has 1 aromatic rings. The molecule has 0 bridgehead atoms. The van der Waals surface area contributed by atoms with Gasteiger partial charge >= 0.3 is 5.97 Å². The minimum absolute atomic E-state index is 0.252. The van der Waals surface area contributed by atoms with Crippen molar-refractivity contribution in [3.63, 3.8) is 0 Å². The van der Waals surface area contributed by atoms with Gasteiger partial charge in [0.2, 0.25) is 0 Å². The van der Waals surface area contributed by atoms with E-state index in [0.29, 0.717) is 12.4 Å². The molecule has 0 heterocycles. The van der Waals surface area contributed by atoms with Gasteiger partial charge < -0.3 is 9.47 Å². The van der Waals surface area contributed by atoms with Crippen molar-refractivity contribution in [2.75, 3.05) is 25.2 Å². The Balaban J connectivity index is 2.73. The number of esters is 1. The maximum atomic E-state index is 11.8. The van der Waals surface area contributed by atoms with Crippen molar-refractivity contribution in [2.24, 2.45) is 0 Å². The fourth-order valence-electron chi connectivity index (χ4n) is 1.48. The highest BCUT2D eigenvalue weighted by molar-refractivity contribution is 7.92. The number of carbonyl (C=O) groups is 2. The topological polar surface area (TPSA) is 86.7 Å². The van der Waals surface area contributed by atoms with Crippen molar-refractivity contribution in [2.45, 2.75) is 6.92 Å². The van der Waals surface area contributed by atoms with Gasteiger partial charge in [-0.25, -0.2) is 8.42 Å². The van der Waals surface area contributed by atoms with Crippen LogP contribution in [-0.4, -0.2) is 45.4 Å². The van der Waals surface area contributed by atoms with Crippen molar-refractivity contribution >= 4 is 21.6 Å². The first-order valence-corrected chi connectivity index (χ1v) is 7.73. The summed E-state index contributed by atoms with van der Waals surface area (Å²) >= 11 is 0. The third-order valence-electron chi connectivity index (χ3n) is 2.40. The smallest absolute Gasteiger partial charge is 0.320 e. The Hall–Kier alpha value is -1.89. The van der Waals surface area contributed by atoms with Crippen LogP contribution in [0.25, 0.3) is 0 Å². The summed E-state index contributed by atoms with van der Waals surface area (Å²) in [5.74, 6) is -2.38. The first-order valence-electron chi connectivity index (χ1n) is 5.91. The predicted molar refractivity (Wildman–Crippen MR) is 72.6 cm³/mol. The number of rotatable bonds is 7. The molecule has 6 nitrogen and oxygen atoms in total. The van der Waals surface area contributed by atoms with Crippen molar-refractivity contribution in [1.29, 1.82) is 0 Å². The molecule has 0 amide bonds. The Labute approximate surface area is 117 Å². The number of carbonyl (C=O) groups excluding carboxylic acids is 2. The Morgan fingerprint density at radius 2 is 1.70 bits per heavy atom. The molecule has 110 valence electrons. The number of sulfone groups is 1. The van der Waals surface area contributed by atoms with E-state index in [-0.39, 0.29) is 5.56 Å². The minimum atomic E-state index is -3.82. The molecular formula is C13H16O6S. The normalized spacial score (nSPS) is 10.9. The zero-order chi connectivity index (χ0) is 15.2. The van der Waals surface area contributed by atoms with E-state index in [4.69, 9.17) is 4.74 Å². The molecule has 0 aromatic heterocycles. The standard InChI is InChI=1S/C13H16O6S/c1-3-19-11-6-4-10(5-7-11)12(14)8-20(16,17)9-13(15)18-2/h4-7H,3,8-9H2,1-2H3. The SMILES string of the molecule is CCOc1ccc(C(=O)CS(=O)(=O)CC(=O)OC)cc1. The van der Waals surface area contributed by atoms with Crippen molar-refractivity contribution < 1.29 is 27.5 Å². The van der Waals surface area contributed by atoms with Gasteiger partial charge in [0.25, 0.3) is 0 Å². The highest BCUT2D eigenvalue weighted by atomic mass is 32.2. The maximum absolute atomic E-state index is 11.8. The van der Waals surface area contributed by atoms with E-state index in [9.17, 15) is 18.0 Å². The summed E-state index contributed by atoms with van der Waals surface area (Å²) in [4.78, 5) is 22.8. The van der Waals surface area contributed by atoms with Crippen LogP contribution >= 0.6 is 0 Å². The lowest BCUT2D eigenvalue weighted by atomic mass is 10.1. The summed E-state index contributed by atoms with van der Waals surface area (Å²) in [7, 11) is -2.73. The van der Waals surface area contributed by atoms with E-state index >= 15 is 0 Å². The van der Waals surface area contributed by atoms with Crippen LogP contribution in [-0.2, 0) is 19.4 Å². The minimum Gasteiger partial charge on any atom is -0.494 e. The summed E-state index contributed by atoms with van der Waals surface area (Å²) < 4.78 is 32.7. The lowest BCUT2D eigenvalue weighted by Gasteiger charge is -2.05. The molecule has 0 radical (unpaired) electrons. The number of ether oxygens (including phenoxy) is 2. The molecule has 1 rings (SSSR count). The second-order valence-electron chi connectivity index (χ2n) is 3.99. The highest BCUT2D eigenvalue weighted by Gasteiger charge is 2.22. The first-order chi connectivity index (χ1) is 9.38. The maximum Gasteiger partial charge on any atom is 0.320 e. The van der Waals surface area contributed by atoms with Crippen molar-refractivity contribution in [3.8, 4) is 5.75 Å².